The van der Waals surface area contributed by atoms with E-state index in [1.807, 2.05) is 13.0 Å². The first kappa shape index (κ1) is 16.0. The first-order valence-electron chi connectivity index (χ1n) is 8.10. The van der Waals surface area contributed by atoms with E-state index in [1.54, 1.807) is 23.7 Å². The molecule has 0 atom stereocenters. The van der Waals surface area contributed by atoms with Crippen LogP contribution >= 0.6 is 0 Å². The molecule has 2 aromatic heterocycles. The van der Waals surface area contributed by atoms with E-state index >= 15 is 0 Å². The van der Waals surface area contributed by atoms with E-state index in [2.05, 4.69) is 10.9 Å². The van der Waals surface area contributed by atoms with Crippen molar-refractivity contribution in [2.24, 2.45) is 7.05 Å². The Morgan fingerprint density at radius 3 is 2.73 bits per heavy atom. The minimum atomic E-state index is -0.460. The average Bonchev–Trinajstić information content (AvgIpc) is 3.23. The van der Waals surface area contributed by atoms with Crippen molar-refractivity contribution in [3.63, 3.8) is 0 Å². The summed E-state index contributed by atoms with van der Waals surface area (Å²) in [5, 5.41) is 0. The largest absolute Gasteiger partial charge is 0.454 e. The highest BCUT2D eigenvalue weighted by molar-refractivity contribution is 5.77. The molecule has 0 radical (unpaired) electrons. The lowest BCUT2D eigenvalue weighted by molar-refractivity contribution is 0.174. The second-order valence-electron chi connectivity index (χ2n) is 5.86. The van der Waals surface area contributed by atoms with Crippen molar-refractivity contribution in [1.29, 1.82) is 0 Å². The van der Waals surface area contributed by atoms with Gasteiger partial charge in [-0.3, -0.25) is 9.36 Å². The number of nitrogens with zero attached hydrogens (tertiary/aromatic N) is 4. The summed E-state index contributed by atoms with van der Waals surface area (Å²) in [6.07, 6.45) is 5.31. The quantitative estimate of drug-likeness (QED) is 0.656. The Hall–Kier alpha value is -3.47. The number of rotatable bonds is 3. The van der Waals surface area contributed by atoms with Crippen molar-refractivity contribution in [2.75, 3.05) is 6.79 Å². The molecule has 8 nitrogen and oxygen atoms in total. The van der Waals surface area contributed by atoms with Crippen LogP contribution in [0.3, 0.4) is 0 Å². The molecule has 8 heteroatoms. The summed E-state index contributed by atoms with van der Waals surface area (Å²) in [6, 6.07) is 5.43. The van der Waals surface area contributed by atoms with Gasteiger partial charge in [-0.1, -0.05) is 5.92 Å². The second kappa shape index (κ2) is 5.81. The molecule has 0 saturated carbocycles. The summed E-state index contributed by atoms with van der Waals surface area (Å²) >= 11 is 0. The van der Waals surface area contributed by atoms with Crippen LogP contribution in [-0.2, 0) is 20.1 Å². The highest BCUT2D eigenvalue weighted by Gasteiger charge is 2.21. The number of ether oxygens (including phenoxy) is 2. The minimum absolute atomic E-state index is 0.0852. The number of hydrogen-bond donors (Lipinski definition) is 0. The number of terminal acetylenes is 1. The van der Waals surface area contributed by atoms with Gasteiger partial charge in [0.15, 0.2) is 22.7 Å². The number of aryl methyl sites for hydroxylation is 2. The Kier molecular flexibility index (Phi) is 3.58. The molecule has 0 amide bonds. The Morgan fingerprint density at radius 2 is 2.00 bits per heavy atom. The first-order chi connectivity index (χ1) is 12.6. The van der Waals surface area contributed by atoms with E-state index in [4.69, 9.17) is 15.9 Å². The third-order valence-electron chi connectivity index (χ3n) is 4.44. The van der Waals surface area contributed by atoms with Crippen LogP contribution in [0.2, 0.25) is 0 Å². The van der Waals surface area contributed by atoms with Crippen LogP contribution in [-0.4, -0.2) is 25.5 Å². The van der Waals surface area contributed by atoms with Crippen molar-refractivity contribution in [2.45, 2.75) is 20.0 Å². The molecule has 132 valence electrons. The van der Waals surface area contributed by atoms with E-state index in [9.17, 15) is 9.59 Å². The van der Waals surface area contributed by atoms with Crippen LogP contribution in [0.25, 0.3) is 22.6 Å². The van der Waals surface area contributed by atoms with Gasteiger partial charge >= 0.3 is 5.69 Å². The van der Waals surface area contributed by atoms with Gasteiger partial charge in [-0.2, -0.15) is 0 Å². The fourth-order valence-electron chi connectivity index (χ4n) is 3.17. The maximum atomic E-state index is 12.8. The lowest BCUT2D eigenvalue weighted by Crippen LogP contribution is -2.40. The zero-order valence-corrected chi connectivity index (χ0v) is 14.4. The predicted molar refractivity (Wildman–Crippen MR) is 95.3 cm³/mol. The third kappa shape index (κ3) is 2.14. The van der Waals surface area contributed by atoms with Gasteiger partial charge in [-0.05, 0) is 25.1 Å². The SMILES string of the molecule is C#CCn1c(=O)c2c(nc(-c3ccc4c(c3)OCO4)n2C)n(CC)c1=O. The smallest absolute Gasteiger partial charge is 0.333 e. The molecule has 0 spiro atoms. The molecule has 0 N–H and O–H groups in total. The zero-order chi connectivity index (χ0) is 18.4. The van der Waals surface area contributed by atoms with Crippen molar-refractivity contribution in [3.8, 4) is 35.2 Å². The van der Waals surface area contributed by atoms with Gasteiger partial charge in [0.2, 0.25) is 6.79 Å². The molecule has 1 aliphatic heterocycles. The highest BCUT2D eigenvalue weighted by Crippen LogP contribution is 2.35. The van der Waals surface area contributed by atoms with Crippen LogP contribution in [0.5, 0.6) is 11.5 Å². The van der Waals surface area contributed by atoms with Gasteiger partial charge < -0.3 is 14.0 Å². The molecule has 0 unspecified atom stereocenters. The molecule has 0 fully saturated rings. The van der Waals surface area contributed by atoms with E-state index < -0.39 is 11.2 Å². The van der Waals surface area contributed by atoms with Crippen LogP contribution in [0.15, 0.2) is 27.8 Å². The van der Waals surface area contributed by atoms with Gasteiger partial charge in [0.05, 0.1) is 6.54 Å². The lowest BCUT2D eigenvalue weighted by Gasteiger charge is -2.07. The number of benzene rings is 1. The van der Waals surface area contributed by atoms with E-state index in [0.717, 1.165) is 10.1 Å². The summed E-state index contributed by atoms with van der Waals surface area (Å²) in [7, 11) is 1.74. The molecule has 3 heterocycles. The maximum Gasteiger partial charge on any atom is 0.333 e. The van der Waals surface area contributed by atoms with Crippen LogP contribution in [0, 0.1) is 12.3 Å². The van der Waals surface area contributed by atoms with Crippen LogP contribution in [0.1, 0.15) is 6.92 Å². The Balaban J connectivity index is 2.03. The molecule has 1 aromatic carbocycles. The maximum absolute atomic E-state index is 12.8. The fraction of sp³-hybridized carbons (Fsp3) is 0.278. The molecule has 0 aliphatic carbocycles. The van der Waals surface area contributed by atoms with E-state index in [0.29, 0.717) is 35.0 Å². The van der Waals surface area contributed by atoms with Crippen molar-refractivity contribution >= 4 is 11.2 Å². The number of hydrogen-bond acceptors (Lipinski definition) is 5. The lowest BCUT2D eigenvalue weighted by atomic mass is 10.2. The van der Waals surface area contributed by atoms with Gasteiger partial charge in [0.1, 0.15) is 5.82 Å². The molecular weight excluding hydrogens is 336 g/mol. The summed E-state index contributed by atoms with van der Waals surface area (Å²) in [5.74, 6) is 4.19. The first-order valence-corrected chi connectivity index (χ1v) is 8.10. The highest BCUT2D eigenvalue weighted by atomic mass is 16.7. The monoisotopic (exact) mass is 352 g/mol. The standard InChI is InChI=1S/C18H16N4O4/c1-4-8-22-17(23)14-16(21(5-2)18(22)24)19-15(20(14)3)11-6-7-12-13(9-11)26-10-25-12/h1,6-7,9H,5,8,10H2,2-3H3. The number of aromatic nitrogens is 4. The normalized spacial score (nSPS) is 12.5. The van der Waals surface area contributed by atoms with Gasteiger partial charge in [0, 0.05) is 19.2 Å². The summed E-state index contributed by atoms with van der Waals surface area (Å²) < 4.78 is 14.9. The third-order valence-corrected chi connectivity index (χ3v) is 4.44. The van der Waals surface area contributed by atoms with E-state index in [1.165, 1.54) is 4.57 Å². The van der Waals surface area contributed by atoms with Crippen molar-refractivity contribution in [1.82, 2.24) is 18.7 Å². The van der Waals surface area contributed by atoms with Crippen LogP contribution in [0.4, 0.5) is 0 Å². The predicted octanol–water partition coefficient (Wildman–Crippen LogP) is 0.945. The van der Waals surface area contributed by atoms with Crippen LogP contribution < -0.4 is 20.7 Å². The second-order valence-corrected chi connectivity index (χ2v) is 5.86. The van der Waals surface area contributed by atoms with Gasteiger partial charge in [0.25, 0.3) is 5.56 Å². The molecular formula is C18H16N4O4. The number of fused-ring (bicyclic) bond motifs is 2. The number of imidazole rings is 1. The minimum Gasteiger partial charge on any atom is -0.454 e. The molecule has 1 aliphatic rings. The molecule has 26 heavy (non-hydrogen) atoms. The topological polar surface area (TPSA) is 80.3 Å². The Bertz CT molecular complexity index is 1190. The van der Waals surface area contributed by atoms with E-state index in [-0.39, 0.29) is 13.3 Å². The molecule has 0 bridgehead atoms. The van der Waals surface area contributed by atoms with Gasteiger partial charge in [-0.15, -0.1) is 6.42 Å². The Morgan fingerprint density at radius 1 is 1.23 bits per heavy atom. The molecule has 4 rings (SSSR count). The van der Waals surface area contributed by atoms with Gasteiger partial charge in [-0.25, -0.2) is 14.3 Å². The summed E-state index contributed by atoms with van der Waals surface area (Å²) in [5.41, 5.74) is 0.513. The van der Waals surface area contributed by atoms with Crippen molar-refractivity contribution in [3.05, 3.63) is 39.0 Å². The Labute approximate surface area is 148 Å². The van der Waals surface area contributed by atoms with Crippen molar-refractivity contribution < 1.29 is 9.47 Å². The molecule has 3 aromatic rings. The zero-order valence-electron chi connectivity index (χ0n) is 14.4. The summed E-state index contributed by atoms with van der Waals surface area (Å²) in [6.45, 7) is 2.28. The molecule has 0 saturated heterocycles. The fourth-order valence-corrected chi connectivity index (χ4v) is 3.17. The summed E-state index contributed by atoms with van der Waals surface area (Å²) in [4.78, 5) is 30.0. The average molecular weight is 352 g/mol.